The maximum absolute atomic E-state index is 13.0. The summed E-state index contributed by atoms with van der Waals surface area (Å²) in [6, 6.07) is 13.5. The van der Waals surface area contributed by atoms with Crippen molar-refractivity contribution in [1.29, 1.82) is 0 Å². The second kappa shape index (κ2) is 7.36. The third-order valence-corrected chi connectivity index (χ3v) is 5.94. The molecule has 140 valence electrons. The molecule has 0 fully saturated rings. The van der Waals surface area contributed by atoms with Gasteiger partial charge < -0.3 is 0 Å². The third-order valence-electron chi connectivity index (χ3n) is 4.47. The predicted molar refractivity (Wildman–Crippen MR) is 106 cm³/mol. The maximum Gasteiger partial charge on any atom is 0.264 e. The molecule has 2 aromatic carbocycles. The van der Waals surface area contributed by atoms with Crippen molar-refractivity contribution >= 4 is 15.7 Å². The van der Waals surface area contributed by atoms with E-state index in [-0.39, 0.29) is 10.5 Å². The second-order valence-corrected chi connectivity index (χ2v) is 8.04. The number of H-pyrrole nitrogens is 1. The van der Waals surface area contributed by atoms with Gasteiger partial charge in [-0.3, -0.25) is 9.52 Å². The third kappa shape index (κ3) is 4.09. The number of nitrogens with zero attached hydrogens (tertiary/aromatic N) is 1. The number of aromatic amines is 1. The Morgan fingerprint density at radius 1 is 1.00 bits per heavy atom. The summed E-state index contributed by atoms with van der Waals surface area (Å²) in [4.78, 5) is 11.4. The Labute approximate surface area is 158 Å². The molecule has 0 atom stereocenters. The molecule has 1 heterocycles. The molecule has 27 heavy (non-hydrogen) atoms. The molecular weight excluding hydrogens is 362 g/mol. The Kier molecular flexibility index (Phi) is 5.14. The Hall–Kier alpha value is -2.93. The van der Waals surface area contributed by atoms with Crippen LogP contribution in [0.4, 0.5) is 5.69 Å². The van der Waals surface area contributed by atoms with Crippen molar-refractivity contribution in [2.45, 2.75) is 32.1 Å². The molecule has 1 aromatic heterocycles. The van der Waals surface area contributed by atoms with Crippen LogP contribution in [0, 0.1) is 13.8 Å². The molecule has 0 saturated heterocycles. The number of aryl methyl sites for hydroxylation is 3. The SMILES string of the molecule is CCc1ccc(-c2ccc(=O)[nH]n2)cc1S(=O)(=O)Nc1ccc(C)c(C)c1. The van der Waals surface area contributed by atoms with E-state index in [1.807, 2.05) is 32.9 Å². The highest BCUT2D eigenvalue weighted by atomic mass is 32.2. The van der Waals surface area contributed by atoms with E-state index in [1.54, 1.807) is 30.3 Å². The van der Waals surface area contributed by atoms with Crippen LogP contribution in [0.2, 0.25) is 0 Å². The highest BCUT2D eigenvalue weighted by molar-refractivity contribution is 7.92. The lowest BCUT2D eigenvalue weighted by molar-refractivity contribution is 0.600. The number of hydrogen-bond acceptors (Lipinski definition) is 4. The molecule has 0 aliphatic heterocycles. The summed E-state index contributed by atoms with van der Waals surface area (Å²) in [6.07, 6.45) is 0.572. The van der Waals surface area contributed by atoms with Crippen LogP contribution in [-0.4, -0.2) is 18.6 Å². The highest BCUT2D eigenvalue weighted by Gasteiger charge is 2.19. The fourth-order valence-electron chi connectivity index (χ4n) is 2.78. The van der Waals surface area contributed by atoms with Crippen molar-refractivity contribution < 1.29 is 8.42 Å². The zero-order valence-electron chi connectivity index (χ0n) is 15.4. The average Bonchev–Trinajstić information content (AvgIpc) is 2.64. The van der Waals surface area contributed by atoms with Gasteiger partial charge in [0.25, 0.3) is 15.6 Å². The summed E-state index contributed by atoms with van der Waals surface area (Å²) < 4.78 is 28.7. The summed E-state index contributed by atoms with van der Waals surface area (Å²) >= 11 is 0. The van der Waals surface area contributed by atoms with Crippen LogP contribution >= 0.6 is 0 Å². The lowest BCUT2D eigenvalue weighted by Gasteiger charge is -2.14. The second-order valence-electron chi connectivity index (χ2n) is 6.39. The topological polar surface area (TPSA) is 91.9 Å². The molecule has 0 saturated carbocycles. The molecule has 3 rings (SSSR count). The predicted octanol–water partition coefficient (Wildman–Crippen LogP) is 3.42. The molecule has 0 aliphatic rings. The van der Waals surface area contributed by atoms with Crippen LogP contribution in [-0.2, 0) is 16.4 Å². The fourth-order valence-corrected chi connectivity index (χ4v) is 4.16. The summed E-state index contributed by atoms with van der Waals surface area (Å²) in [5.41, 5.74) is 4.14. The minimum atomic E-state index is -3.77. The number of benzene rings is 2. The van der Waals surface area contributed by atoms with Crippen molar-refractivity contribution in [2.75, 3.05) is 4.72 Å². The van der Waals surface area contributed by atoms with Gasteiger partial charge in [-0.15, -0.1) is 0 Å². The summed E-state index contributed by atoms with van der Waals surface area (Å²) in [5, 5.41) is 6.35. The molecule has 7 heteroatoms. The zero-order chi connectivity index (χ0) is 19.6. The van der Waals surface area contributed by atoms with Gasteiger partial charge in [0.2, 0.25) is 0 Å². The van der Waals surface area contributed by atoms with Crippen molar-refractivity contribution in [1.82, 2.24) is 10.2 Å². The number of aromatic nitrogens is 2. The van der Waals surface area contributed by atoms with E-state index in [0.29, 0.717) is 28.9 Å². The normalized spacial score (nSPS) is 11.4. The monoisotopic (exact) mass is 383 g/mol. The van der Waals surface area contributed by atoms with E-state index in [4.69, 9.17) is 0 Å². The zero-order valence-corrected chi connectivity index (χ0v) is 16.2. The van der Waals surface area contributed by atoms with Crippen molar-refractivity contribution in [2.24, 2.45) is 0 Å². The first-order valence-corrected chi connectivity index (χ1v) is 10.1. The molecule has 0 amide bonds. The van der Waals surface area contributed by atoms with Gasteiger partial charge in [-0.1, -0.05) is 25.1 Å². The number of anilines is 1. The van der Waals surface area contributed by atoms with E-state index in [1.165, 1.54) is 6.07 Å². The Bertz CT molecular complexity index is 1130. The van der Waals surface area contributed by atoms with Gasteiger partial charge in [0.15, 0.2) is 0 Å². The molecular formula is C20H21N3O3S. The van der Waals surface area contributed by atoms with E-state index >= 15 is 0 Å². The quantitative estimate of drug-likeness (QED) is 0.706. The van der Waals surface area contributed by atoms with Crippen LogP contribution in [0.1, 0.15) is 23.6 Å². The minimum absolute atomic E-state index is 0.203. The standard InChI is InChI=1S/C20H21N3O3S/c1-4-15-6-7-16(18-9-10-20(24)22-21-18)12-19(15)27(25,26)23-17-8-5-13(2)14(3)11-17/h5-12,23H,4H2,1-3H3,(H,22,24). The van der Waals surface area contributed by atoms with Crippen LogP contribution in [0.15, 0.2) is 58.2 Å². The summed E-state index contributed by atoms with van der Waals surface area (Å²) in [5.74, 6) is 0. The first-order valence-electron chi connectivity index (χ1n) is 8.59. The fraction of sp³-hybridized carbons (Fsp3) is 0.200. The molecule has 0 spiro atoms. The van der Waals surface area contributed by atoms with Crippen LogP contribution in [0.3, 0.4) is 0 Å². The number of sulfonamides is 1. The van der Waals surface area contributed by atoms with Gasteiger partial charge in [0.05, 0.1) is 10.6 Å². The van der Waals surface area contributed by atoms with Crippen LogP contribution in [0.5, 0.6) is 0 Å². The average molecular weight is 383 g/mol. The highest BCUT2D eigenvalue weighted by Crippen LogP contribution is 2.26. The van der Waals surface area contributed by atoms with Gasteiger partial charge in [0.1, 0.15) is 0 Å². The number of rotatable bonds is 5. The van der Waals surface area contributed by atoms with Gasteiger partial charge in [-0.2, -0.15) is 5.10 Å². The molecule has 6 nitrogen and oxygen atoms in total. The molecule has 0 radical (unpaired) electrons. The van der Waals surface area contributed by atoms with Crippen LogP contribution in [0.25, 0.3) is 11.3 Å². The van der Waals surface area contributed by atoms with E-state index in [9.17, 15) is 13.2 Å². The van der Waals surface area contributed by atoms with E-state index < -0.39 is 10.0 Å². The van der Waals surface area contributed by atoms with Crippen molar-refractivity contribution in [3.8, 4) is 11.3 Å². The van der Waals surface area contributed by atoms with Crippen molar-refractivity contribution in [3.63, 3.8) is 0 Å². The largest absolute Gasteiger partial charge is 0.280 e. The smallest absolute Gasteiger partial charge is 0.264 e. The lowest BCUT2D eigenvalue weighted by Crippen LogP contribution is -2.15. The first-order chi connectivity index (χ1) is 12.8. The van der Waals surface area contributed by atoms with Gasteiger partial charge in [-0.05, 0) is 61.2 Å². The van der Waals surface area contributed by atoms with Crippen molar-refractivity contribution in [3.05, 3.63) is 75.6 Å². The molecule has 3 aromatic rings. The number of hydrogen-bond donors (Lipinski definition) is 2. The van der Waals surface area contributed by atoms with Crippen LogP contribution < -0.4 is 10.3 Å². The molecule has 2 N–H and O–H groups in total. The molecule has 0 bridgehead atoms. The summed E-state index contributed by atoms with van der Waals surface area (Å²) in [6.45, 7) is 5.82. The number of nitrogens with one attached hydrogen (secondary N) is 2. The summed E-state index contributed by atoms with van der Waals surface area (Å²) in [7, 11) is -3.77. The minimum Gasteiger partial charge on any atom is -0.280 e. The molecule has 0 aliphatic carbocycles. The first kappa shape index (κ1) is 18.8. The van der Waals surface area contributed by atoms with E-state index in [2.05, 4.69) is 14.9 Å². The Morgan fingerprint density at radius 3 is 2.41 bits per heavy atom. The van der Waals surface area contributed by atoms with E-state index in [0.717, 1.165) is 11.1 Å². The van der Waals surface area contributed by atoms with Gasteiger partial charge in [0, 0.05) is 17.3 Å². The Balaban J connectivity index is 2.04. The Morgan fingerprint density at radius 2 is 1.78 bits per heavy atom. The van der Waals surface area contributed by atoms with Gasteiger partial charge >= 0.3 is 0 Å². The lowest BCUT2D eigenvalue weighted by atomic mass is 10.1. The molecule has 0 unspecified atom stereocenters. The van der Waals surface area contributed by atoms with Gasteiger partial charge in [-0.25, -0.2) is 13.5 Å². The maximum atomic E-state index is 13.0.